The zero-order valence-corrected chi connectivity index (χ0v) is 12.5. The van der Waals surface area contributed by atoms with Crippen molar-refractivity contribution in [3.8, 4) is 5.75 Å². The molecule has 1 N–H and O–H groups in total. The first-order chi connectivity index (χ1) is 9.54. The first-order valence-electron chi connectivity index (χ1n) is 6.88. The predicted octanol–water partition coefficient (Wildman–Crippen LogP) is 1.62. The summed E-state index contributed by atoms with van der Waals surface area (Å²) in [7, 11) is -2.07. The van der Waals surface area contributed by atoms with Gasteiger partial charge in [0, 0.05) is 13.6 Å². The van der Waals surface area contributed by atoms with E-state index >= 15 is 0 Å². The highest BCUT2D eigenvalue weighted by Gasteiger charge is 2.21. The van der Waals surface area contributed by atoms with Gasteiger partial charge in [0.1, 0.15) is 5.75 Å². The standard InChI is InChI=1S/C14H21NO4S/c1-15(10-11-16)20(17,18)14-8-6-13(7-9-14)19-12-4-2-3-5-12/h6-9,12,16H,2-5,10-11H2,1H3. The fraction of sp³-hybridized carbons (Fsp3) is 0.571. The van der Waals surface area contributed by atoms with Crippen LogP contribution in [0, 0.1) is 0 Å². The Morgan fingerprint density at radius 3 is 2.40 bits per heavy atom. The molecule has 2 rings (SSSR count). The van der Waals surface area contributed by atoms with Crippen LogP contribution in [-0.4, -0.2) is 44.1 Å². The number of ether oxygens (including phenoxy) is 1. The molecule has 1 aliphatic carbocycles. The van der Waals surface area contributed by atoms with Crippen LogP contribution in [0.15, 0.2) is 29.2 Å². The molecule has 1 saturated carbocycles. The van der Waals surface area contributed by atoms with E-state index in [0.717, 1.165) is 17.1 Å². The maximum atomic E-state index is 12.2. The van der Waals surface area contributed by atoms with E-state index in [2.05, 4.69) is 0 Å². The number of hydrogen-bond acceptors (Lipinski definition) is 4. The normalized spacial score (nSPS) is 16.8. The van der Waals surface area contributed by atoms with Gasteiger partial charge in [-0.3, -0.25) is 0 Å². The van der Waals surface area contributed by atoms with Gasteiger partial charge in [-0.25, -0.2) is 8.42 Å². The Labute approximate surface area is 120 Å². The van der Waals surface area contributed by atoms with Gasteiger partial charge in [-0.05, 0) is 49.9 Å². The minimum absolute atomic E-state index is 0.0860. The van der Waals surface area contributed by atoms with Crippen molar-refractivity contribution in [1.82, 2.24) is 4.31 Å². The number of rotatable bonds is 6. The minimum Gasteiger partial charge on any atom is -0.490 e. The van der Waals surface area contributed by atoms with E-state index in [1.54, 1.807) is 24.3 Å². The second kappa shape index (κ2) is 6.56. The summed E-state index contributed by atoms with van der Waals surface area (Å²) in [6.07, 6.45) is 4.79. The van der Waals surface area contributed by atoms with Gasteiger partial charge in [-0.1, -0.05) is 0 Å². The first-order valence-corrected chi connectivity index (χ1v) is 8.32. The van der Waals surface area contributed by atoms with Gasteiger partial charge in [0.15, 0.2) is 0 Å². The zero-order valence-electron chi connectivity index (χ0n) is 11.7. The van der Waals surface area contributed by atoms with Gasteiger partial charge in [-0.15, -0.1) is 0 Å². The molecule has 6 heteroatoms. The Morgan fingerprint density at radius 2 is 1.85 bits per heavy atom. The summed E-state index contributed by atoms with van der Waals surface area (Å²) in [6.45, 7) is -0.110. The monoisotopic (exact) mass is 299 g/mol. The molecular formula is C14H21NO4S. The molecule has 1 aromatic carbocycles. The quantitative estimate of drug-likeness (QED) is 0.867. The van der Waals surface area contributed by atoms with Gasteiger partial charge in [0.05, 0.1) is 17.6 Å². The number of aliphatic hydroxyl groups is 1. The molecule has 0 radical (unpaired) electrons. The summed E-state index contributed by atoms with van der Waals surface area (Å²) in [6, 6.07) is 6.48. The van der Waals surface area contributed by atoms with Crippen LogP contribution in [-0.2, 0) is 10.0 Å². The molecule has 0 amide bonds. The smallest absolute Gasteiger partial charge is 0.242 e. The molecule has 0 bridgehead atoms. The minimum atomic E-state index is -3.53. The first kappa shape index (κ1) is 15.3. The van der Waals surface area contributed by atoms with E-state index in [1.807, 2.05) is 0 Å². The lowest BCUT2D eigenvalue weighted by atomic mass is 10.3. The van der Waals surface area contributed by atoms with E-state index < -0.39 is 10.0 Å². The third-order valence-corrected chi connectivity index (χ3v) is 5.42. The topological polar surface area (TPSA) is 66.8 Å². The summed E-state index contributed by atoms with van der Waals surface area (Å²) in [5.41, 5.74) is 0. The number of likely N-dealkylation sites (N-methyl/N-ethyl adjacent to an activating group) is 1. The van der Waals surface area contributed by atoms with Crippen LogP contribution in [0.25, 0.3) is 0 Å². The van der Waals surface area contributed by atoms with Crippen molar-refractivity contribution in [1.29, 1.82) is 0 Å². The van der Waals surface area contributed by atoms with Gasteiger partial charge >= 0.3 is 0 Å². The van der Waals surface area contributed by atoms with E-state index in [-0.39, 0.29) is 24.2 Å². The van der Waals surface area contributed by atoms with E-state index in [0.29, 0.717) is 5.75 Å². The molecule has 0 unspecified atom stereocenters. The molecule has 0 heterocycles. The number of aliphatic hydroxyl groups excluding tert-OH is 1. The summed E-state index contributed by atoms with van der Waals surface area (Å²) >= 11 is 0. The zero-order chi connectivity index (χ0) is 14.6. The van der Waals surface area contributed by atoms with Crippen molar-refractivity contribution in [3.05, 3.63) is 24.3 Å². The Bertz CT molecular complexity index is 521. The van der Waals surface area contributed by atoms with E-state index in [4.69, 9.17) is 9.84 Å². The highest BCUT2D eigenvalue weighted by atomic mass is 32.2. The van der Waals surface area contributed by atoms with Crippen molar-refractivity contribution in [2.24, 2.45) is 0 Å². The lowest BCUT2D eigenvalue weighted by Gasteiger charge is -2.17. The van der Waals surface area contributed by atoms with E-state index in [1.165, 1.54) is 19.9 Å². The van der Waals surface area contributed by atoms with Crippen molar-refractivity contribution < 1.29 is 18.3 Å². The Hall–Kier alpha value is -1.11. The largest absolute Gasteiger partial charge is 0.490 e. The average molecular weight is 299 g/mol. The molecular weight excluding hydrogens is 278 g/mol. The highest BCUT2D eigenvalue weighted by molar-refractivity contribution is 7.89. The maximum Gasteiger partial charge on any atom is 0.242 e. The second-order valence-corrected chi connectivity index (χ2v) is 7.09. The fourth-order valence-electron chi connectivity index (χ4n) is 2.33. The van der Waals surface area contributed by atoms with Crippen LogP contribution < -0.4 is 4.74 Å². The lowest BCUT2D eigenvalue weighted by molar-refractivity contribution is 0.210. The van der Waals surface area contributed by atoms with Crippen molar-refractivity contribution >= 4 is 10.0 Å². The van der Waals surface area contributed by atoms with Crippen molar-refractivity contribution in [2.45, 2.75) is 36.7 Å². The van der Waals surface area contributed by atoms with E-state index in [9.17, 15) is 8.42 Å². The molecule has 0 saturated heterocycles. The van der Waals surface area contributed by atoms with Crippen LogP contribution in [0.1, 0.15) is 25.7 Å². The molecule has 1 fully saturated rings. The molecule has 1 aliphatic rings. The maximum absolute atomic E-state index is 12.2. The predicted molar refractivity (Wildman–Crippen MR) is 76.2 cm³/mol. The van der Waals surface area contributed by atoms with Gasteiger partial charge in [-0.2, -0.15) is 4.31 Å². The lowest BCUT2D eigenvalue weighted by Crippen LogP contribution is -2.29. The molecule has 0 aliphatic heterocycles. The Kier molecular flexibility index (Phi) is 5.01. The molecule has 0 atom stereocenters. The van der Waals surface area contributed by atoms with Crippen LogP contribution in [0.2, 0.25) is 0 Å². The molecule has 5 nitrogen and oxygen atoms in total. The van der Waals surface area contributed by atoms with Crippen LogP contribution in [0.3, 0.4) is 0 Å². The fourth-order valence-corrected chi connectivity index (χ4v) is 3.49. The van der Waals surface area contributed by atoms with Gasteiger partial charge in [0.25, 0.3) is 0 Å². The Morgan fingerprint density at radius 1 is 1.25 bits per heavy atom. The molecule has 20 heavy (non-hydrogen) atoms. The van der Waals surface area contributed by atoms with Crippen molar-refractivity contribution in [3.63, 3.8) is 0 Å². The van der Waals surface area contributed by atoms with Gasteiger partial charge in [0.2, 0.25) is 10.0 Å². The van der Waals surface area contributed by atoms with Crippen LogP contribution in [0.5, 0.6) is 5.75 Å². The summed E-state index contributed by atoms with van der Waals surface area (Å²) in [4.78, 5) is 0.215. The summed E-state index contributed by atoms with van der Waals surface area (Å²) in [5, 5.41) is 8.82. The number of benzene rings is 1. The highest BCUT2D eigenvalue weighted by Crippen LogP contribution is 2.25. The number of hydrogen-bond donors (Lipinski definition) is 1. The third-order valence-electron chi connectivity index (χ3n) is 3.55. The summed E-state index contributed by atoms with van der Waals surface area (Å²) < 4.78 is 31.2. The molecule has 0 aromatic heterocycles. The second-order valence-electron chi connectivity index (χ2n) is 5.05. The number of nitrogens with zero attached hydrogens (tertiary/aromatic N) is 1. The molecule has 1 aromatic rings. The average Bonchev–Trinajstić information content (AvgIpc) is 2.92. The van der Waals surface area contributed by atoms with Crippen LogP contribution >= 0.6 is 0 Å². The molecule has 0 spiro atoms. The molecule has 112 valence electrons. The third kappa shape index (κ3) is 3.50. The van der Waals surface area contributed by atoms with Crippen LogP contribution in [0.4, 0.5) is 0 Å². The Balaban J connectivity index is 2.07. The van der Waals surface area contributed by atoms with Gasteiger partial charge < -0.3 is 9.84 Å². The number of sulfonamides is 1. The SMILES string of the molecule is CN(CCO)S(=O)(=O)c1ccc(OC2CCCC2)cc1. The van der Waals surface area contributed by atoms with Crippen molar-refractivity contribution in [2.75, 3.05) is 20.2 Å². The summed E-state index contributed by atoms with van der Waals surface area (Å²) in [5.74, 6) is 0.709.